The van der Waals surface area contributed by atoms with Gasteiger partial charge in [-0.15, -0.1) is 0 Å². The zero-order valence-electron chi connectivity index (χ0n) is 14.4. The van der Waals surface area contributed by atoms with Crippen LogP contribution in [0.4, 0.5) is 5.69 Å². The van der Waals surface area contributed by atoms with Crippen LogP contribution < -0.4 is 15.4 Å². The molecule has 0 spiro atoms. The van der Waals surface area contributed by atoms with Crippen molar-refractivity contribution in [1.82, 2.24) is 5.32 Å². The van der Waals surface area contributed by atoms with Crippen LogP contribution in [0.5, 0.6) is 5.75 Å². The number of nitrogens with one attached hydrogen (secondary N) is 2. The van der Waals surface area contributed by atoms with E-state index < -0.39 is 5.41 Å². The first kappa shape index (κ1) is 17.0. The summed E-state index contributed by atoms with van der Waals surface area (Å²) >= 11 is 0. The van der Waals surface area contributed by atoms with Gasteiger partial charge in [0.25, 0.3) is 0 Å². The van der Waals surface area contributed by atoms with Gasteiger partial charge in [0, 0.05) is 5.69 Å². The Morgan fingerprint density at radius 1 is 1.00 bits per heavy atom. The van der Waals surface area contributed by atoms with Crippen molar-refractivity contribution in [2.75, 3.05) is 12.4 Å². The average Bonchev–Trinajstić information content (AvgIpc) is 3.45. The predicted molar refractivity (Wildman–Crippen MR) is 96.3 cm³/mol. The van der Waals surface area contributed by atoms with Crippen LogP contribution in [0.25, 0.3) is 0 Å². The fraction of sp³-hybridized carbons (Fsp3) is 0.300. The quantitative estimate of drug-likeness (QED) is 0.794. The minimum Gasteiger partial charge on any atom is -0.497 e. The molecular formula is C20H22N2O3. The Labute approximate surface area is 147 Å². The molecule has 0 radical (unpaired) electrons. The molecule has 2 aromatic rings. The molecule has 0 aliphatic heterocycles. The van der Waals surface area contributed by atoms with Gasteiger partial charge in [-0.2, -0.15) is 0 Å². The number of methoxy groups -OCH3 is 1. The molecule has 1 fully saturated rings. The summed E-state index contributed by atoms with van der Waals surface area (Å²) in [5.41, 5.74) is 0.714. The Bertz CT molecular complexity index is 752. The van der Waals surface area contributed by atoms with Crippen molar-refractivity contribution in [2.24, 2.45) is 5.41 Å². The number of hydrogen-bond donors (Lipinski definition) is 2. The molecule has 3 rings (SSSR count). The molecule has 5 nitrogen and oxygen atoms in total. The van der Waals surface area contributed by atoms with Crippen molar-refractivity contribution in [3.05, 3.63) is 60.2 Å². The molecule has 1 unspecified atom stereocenters. The third kappa shape index (κ3) is 3.65. The van der Waals surface area contributed by atoms with E-state index in [9.17, 15) is 9.59 Å². The highest BCUT2D eigenvalue weighted by Crippen LogP contribution is 2.47. The molecular weight excluding hydrogens is 316 g/mol. The molecule has 2 N–H and O–H groups in total. The predicted octanol–water partition coefficient (Wildman–Crippen LogP) is 3.29. The van der Waals surface area contributed by atoms with E-state index in [2.05, 4.69) is 10.6 Å². The third-order valence-corrected chi connectivity index (χ3v) is 4.61. The van der Waals surface area contributed by atoms with E-state index >= 15 is 0 Å². The van der Waals surface area contributed by atoms with Gasteiger partial charge in [-0.1, -0.05) is 30.3 Å². The van der Waals surface area contributed by atoms with Gasteiger partial charge >= 0.3 is 0 Å². The fourth-order valence-electron chi connectivity index (χ4n) is 2.77. The number of hydrogen-bond acceptors (Lipinski definition) is 3. The number of carbonyl (C=O) groups excluding carboxylic acids is 2. The minimum atomic E-state index is -0.955. The van der Waals surface area contributed by atoms with Crippen LogP contribution in [-0.4, -0.2) is 18.9 Å². The molecule has 0 bridgehead atoms. The van der Waals surface area contributed by atoms with Gasteiger partial charge in [-0.3, -0.25) is 9.59 Å². The van der Waals surface area contributed by atoms with Crippen LogP contribution in [-0.2, 0) is 9.59 Å². The van der Waals surface area contributed by atoms with Crippen molar-refractivity contribution in [2.45, 2.75) is 25.8 Å². The highest BCUT2D eigenvalue weighted by atomic mass is 16.5. The number of benzene rings is 2. The summed E-state index contributed by atoms with van der Waals surface area (Å²) in [6.45, 7) is 1.92. The highest BCUT2D eigenvalue weighted by Gasteiger charge is 2.56. The average molecular weight is 338 g/mol. The third-order valence-electron chi connectivity index (χ3n) is 4.61. The Balaban J connectivity index is 1.64. The van der Waals surface area contributed by atoms with E-state index in [1.165, 1.54) is 0 Å². The molecule has 25 heavy (non-hydrogen) atoms. The lowest BCUT2D eigenvalue weighted by molar-refractivity contribution is -0.134. The van der Waals surface area contributed by atoms with Gasteiger partial charge < -0.3 is 15.4 Å². The molecule has 130 valence electrons. The summed E-state index contributed by atoms with van der Waals surface area (Å²) in [7, 11) is 1.59. The van der Waals surface area contributed by atoms with Crippen LogP contribution >= 0.6 is 0 Å². The smallest absolute Gasteiger partial charge is 0.240 e. The zero-order chi connectivity index (χ0) is 17.9. The van der Waals surface area contributed by atoms with Crippen LogP contribution in [0.1, 0.15) is 31.4 Å². The SMILES string of the molecule is COc1ccc(NC(=O)C2(C(=O)NC(C)c3ccccc3)CC2)cc1. The Kier molecular flexibility index (Phi) is 4.74. The van der Waals surface area contributed by atoms with Gasteiger partial charge in [-0.05, 0) is 49.6 Å². The first-order chi connectivity index (χ1) is 12.0. The largest absolute Gasteiger partial charge is 0.497 e. The molecule has 5 heteroatoms. The van der Waals surface area contributed by atoms with Gasteiger partial charge in [0.1, 0.15) is 11.2 Å². The lowest BCUT2D eigenvalue weighted by atomic mass is 10.0. The second-order valence-corrected chi connectivity index (χ2v) is 6.37. The second kappa shape index (κ2) is 6.97. The van der Waals surface area contributed by atoms with Gasteiger partial charge in [0.05, 0.1) is 13.2 Å². The second-order valence-electron chi connectivity index (χ2n) is 6.37. The number of anilines is 1. The molecule has 1 aliphatic carbocycles. The molecule has 1 saturated carbocycles. The standard InChI is InChI=1S/C20H22N2O3/c1-14(15-6-4-3-5-7-15)21-18(23)20(12-13-20)19(24)22-16-8-10-17(25-2)11-9-16/h3-11,14H,12-13H2,1-2H3,(H,21,23)(H,22,24). The maximum Gasteiger partial charge on any atom is 0.240 e. The summed E-state index contributed by atoms with van der Waals surface area (Å²) in [6, 6.07) is 16.6. The molecule has 0 heterocycles. The van der Waals surface area contributed by atoms with E-state index in [4.69, 9.17) is 4.74 Å². The number of amides is 2. The Morgan fingerprint density at radius 2 is 1.64 bits per heavy atom. The fourth-order valence-corrected chi connectivity index (χ4v) is 2.77. The monoisotopic (exact) mass is 338 g/mol. The molecule has 2 amide bonds. The normalized spacial score (nSPS) is 15.8. The van der Waals surface area contributed by atoms with E-state index in [0.717, 1.165) is 5.56 Å². The summed E-state index contributed by atoms with van der Waals surface area (Å²) < 4.78 is 5.10. The van der Waals surface area contributed by atoms with Crippen LogP contribution in [0.3, 0.4) is 0 Å². The number of rotatable bonds is 6. The lowest BCUT2D eigenvalue weighted by Crippen LogP contribution is -2.41. The van der Waals surface area contributed by atoms with Crippen LogP contribution in [0.2, 0.25) is 0 Å². The minimum absolute atomic E-state index is 0.139. The van der Waals surface area contributed by atoms with Crippen molar-refractivity contribution >= 4 is 17.5 Å². The van der Waals surface area contributed by atoms with Gasteiger partial charge in [0.15, 0.2) is 0 Å². The number of carbonyl (C=O) groups is 2. The van der Waals surface area contributed by atoms with Crippen molar-refractivity contribution < 1.29 is 14.3 Å². The molecule has 0 aromatic heterocycles. The topological polar surface area (TPSA) is 67.4 Å². The molecule has 1 atom stereocenters. The van der Waals surface area contributed by atoms with E-state index in [1.54, 1.807) is 31.4 Å². The summed E-state index contributed by atoms with van der Waals surface area (Å²) in [5.74, 6) is 0.249. The van der Waals surface area contributed by atoms with E-state index in [1.807, 2.05) is 37.3 Å². The molecule has 0 saturated heterocycles. The van der Waals surface area contributed by atoms with Crippen molar-refractivity contribution in [3.63, 3.8) is 0 Å². The summed E-state index contributed by atoms with van der Waals surface area (Å²) in [6.07, 6.45) is 1.14. The number of ether oxygens (including phenoxy) is 1. The highest BCUT2D eigenvalue weighted by molar-refractivity contribution is 6.13. The zero-order valence-corrected chi connectivity index (χ0v) is 14.4. The van der Waals surface area contributed by atoms with Gasteiger partial charge in [-0.25, -0.2) is 0 Å². The van der Waals surface area contributed by atoms with Crippen LogP contribution in [0, 0.1) is 5.41 Å². The maximum absolute atomic E-state index is 12.7. The molecule has 1 aliphatic rings. The van der Waals surface area contributed by atoms with Crippen LogP contribution in [0.15, 0.2) is 54.6 Å². The summed E-state index contributed by atoms with van der Waals surface area (Å²) in [4.78, 5) is 25.3. The van der Waals surface area contributed by atoms with Gasteiger partial charge in [0.2, 0.25) is 11.8 Å². The Morgan fingerprint density at radius 3 is 2.20 bits per heavy atom. The Hall–Kier alpha value is -2.82. The molecule has 2 aromatic carbocycles. The first-order valence-electron chi connectivity index (χ1n) is 8.36. The van der Waals surface area contributed by atoms with Crippen molar-refractivity contribution in [1.29, 1.82) is 0 Å². The maximum atomic E-state index is 12.7. The van der Waals surface area contributed by atoms with Crippen molar-refractivity contribution in [3.8, 4) is 5.75 Å². The van der Waals surface area contributed by atoms with E-state index in [-0.39, 0.29) is 17.9 Å². The summed E-state index contributed by atoms with van der Waals surface area (Å²) in [5, 5.41) is 5.80. The first-order valence-corrected chi connectivity index (χ1v) is 8.36. The van der Waals surface area contributed by atoms with E-state index in [0.29, 0.717) is 24.3 Å². The lowest BCUT2D eigenvalue weighted by Gasteiger charge is -2.19.